The number of halogens is 3. The van der Waals surface area contributed by atoms with Crippen LogP contribution in [0.3, 0.4) is 0 Å². The van der Waals surface area contributed by atoms with Crippen LogP contribution < -0.4 is 0 Å². The van der Waals surface area contributed by atoms with Crippen molar-refractivity contribution in [2.75, 3.05) is 32.8 Å². The summed E-state index contributed by atoms with van der Waals surface area (Å²) in [6.45, 7) is 3.10. The molecule has 0 aliphatic carbocycles. The molecule has 4 rings (SSSR count). The number of fused-ring (bicyclic) bond motifs is 1. The summed E-state index contributed by atoms with van der Waals surface area (Å²) in [6.07, 6.45) is -4.63. The lowest BCUT2D eigenvalue weighted by Crippen LogP contribution is -2.48. The molecule has 1 saturated heterocycles. The molecule has 2 heterocycles. The van der Waals surface area contributed by atoms with Gasteiger partial charge < -0.3 is 9.15 Å². The van der Waals surface area contributed by atoms with Crippen molar-refractivity contribution in [1.82, 2.24) is 9.21 Å². The number of sulfonamides is 1. The second-order valence-corrected chi connectivity index (χ2v) is 9.77. The Labute approximate surface area is 194 Å². The number of nitrogens with zero attached hydrogens (tertiary/aromatic N) is 2. The molecule has 0 spiro atoms. The monoisotopic (exact) mass is 496 g/mol. The van der Waals surface area contributed by atoms with Crippen LogP contribution in [0.25, 0.3) is 11.0 Å². The summed E-state index contributed by atoms with van der Waals surface area (Å²) in [5.41, 5.74) is 0.195. The minimum absolute atomic E-state index is 0.100. The number of esters is 1. The fraction of sp³-hybridized carbons (Fsp3) is 0.348. The van der Waals surface area contributed by atoms with E-state index in [9.17, 15) is 26.4 Å². The number of para-hydroxylation sites is 1. The number of furan rings is 1. The highest BCUT2D eigenvalue weighted by Crippen LogP contribution is 2.32. The van der Waals surface area contributed by atoms with Gasteiger partial charge in [-0.1, -0.05) is 24.3 Å². The molecule has 0 bridgehead atoms. The molecular weight excluding hydrogens is 473 g/mol. The highest BCUT2D eigenvalue weighted by Gasteiger charge is 2.34. The van der Waals surface area contributed by atoms with Crippen molar-refractivity contribution in [3.8, 4) is 0 Å². The van der Waals surface area contributed by atoms with Crippen LogP contribution in [0, 0.1) is 0 Å². The third kappa shape index (κ3) is 4.82. The standard InChI is InChI=1S/C23H23F3N2O5S/c1-2-32-22(29)21-19(18-8-3-4-9-20(18)33-21)15-27-10-12-28(13-11-27)34(30,31)17-7-5-6-16(14-17)23(24,25)26/h3-9,14H,2,10-13,15H2,1H3. The van der Waals surface area contributed by atoms with Gasteiger partial charge in [0.2, 0.25) is 15.8 Å². The van der Waals surface area contributed by atoms with Gasteiger partial charge in [-0.2, -0.15) is 17.5 Å². The van der Waals surface area contributed by atoms with Crippen molar-refractivity contribution in [1.29, 1.82) is 0 Å². The minimum atomic E-state index is -4.63. The van der Waals surface area contributed by atoms with Crippen LogP contribution in [0.15, 0.2) is 57.8 Å². The lowest BCUT2D eigenvalue weighted by atomic mass is 10.1. The van der Waals surface area contributed by atoms with E-state index in [1.807, 2.05) is 17.0 Å². The van der Waals surface area contributed by atoms with Gasteiger partial charge in [0.1, 0.15) is 5.58 Å². The van der Waals surface area contributed by atoms with Crippen molar-refractivity contribution in [3.63, 3.8) is 0 Å². The van der Waals surface area contributed by atoms with E-state index >= 15 is 0 Å². The maximum atomic E-state index is 13.0. The zero-order chi connectivity index (χ0) is 24.5. The Morgan fingerprint density at radius 2 is 1.76 bits per heavy atom. The number of hydrogen-bond acceptors (Lipinski definition) is 6. The van der Waals surface area contributed by atoms with Crippen LogP contribution in [0.1, 0.15) is 28.6 Å². The van der Waals surface area contributed by atoms with E-state index in [1.54, 1.807) is 19.1 Å². The average Bonchev–Trinajstić information content (AvgIpc) is 3.18. The molecule has 1 aliphatic rings. The van der Waals surface area contributed by atoms with Crippen molar-refractivity contribution in [2.45, 2.75) is 24.5 Å². The van der Waals surface area contributed by atoms with Crippen LogP contribution in [-0.4, -0.2) is 56.4 Å². The first-order valence-electron chi connectivity index (χ1n) is 10.7. The van der Waals surface area contributed by atoms with Gasteiger partial charge in [-0.15, -0.1) is 0 Å². The zero-order valence-corrected chi connectivity index (χ0v) is 19.2. The summed E-state index contributed by atoms with van der Waals surface area (Å²) in [4.78, 5) is 14.0. The Morgan fingerprint density at radius 3 is 2.44 bits per heavy atom. The summed E-state index contributed by atoms with van der Waals surface area (Å²) in [5.74, 6) is -0.457. The topological polar surface area (TPSA) is 80.1 Å². The van der Waals surface area contributed by atoms with Gasteiger partial charge in [0.15, 0.2) is 0 Å². The largest absolute Gasteiger partial charge is 0.460 e. The second-order valence-electron chi connectivity index (χ2n) is 7.83. The predicted octanol–water partition coefficient (Wildman–Crippen LogP) is 4.13. The fourth-order valence-corrected chi connectivity index (χ4v) is 5.42. The van der Waals surface area contributed by atoms with E-state index in [0.29, 0.717) is 36.8 Å². The van der Waals surface area contributed by atoms with Gasteiger partial charge >= 0.3 is 12.1 Å². The van der Waals surface area contributed by atoms with Gasteiger partial charge in [-0.05, 0) is 31.2 Å². The Hall–Kier alpha value is -2.89. The first-order chi connectivity index (χ1) is 16.1. The fourth-order valence-electron chi connectivity index (χ4n) is 3.95. The number of piperazine rings is 1. The molecule has 0 unspecified atom stereocenters. The molecule has 11 heteroatoms. The molecular formula is C23H23F3N2O5S. The van der Waals surface area contributed by atoms with Crippen LogP contribution in [-0.2, 0) is 27.5 Å². The van der Waals surface area contributed by atoms with Gasteiger partial charge in [0.25, 0.3) is 0 Å². The van der Waals surface area contributed by atoms with Crippen LogP contribution >= 0.6 is 0 Å². The third-order valence-electron chi connectivity index (χ3n) is 5.67. The maximum Gasteiger partial charge on any atom is 0.416 e. The van der Waals surface area contributed by atoms with Crippen molar-refractivity contribution in [2.24, 2.45) is 0 Å². The molecule has 7 nitrogen and oxygen atoms in total. The van der Waals surface area contributed by atoms with Crippen molar-refractivity contribution >= 4 is 27.0 Å². The first-order valence-corrected chi connectivity index (χ1v) is 12.1. The highest BCUT2D eigenvalue weighted by molar-refractivity contribution is 7.89. The van der Waals surface area contributed by atoms with E-state index in [2.05, 4.69) is 0 Å². The predicted molar refractivity (Wildman–Crippen MR) is 118 cm³/mol. The summed E-state index contributed by atoms with van der Waals surface area (Å²) in [5, 5.41) is 0.768. The molecule has 34 heavy (non-hydrogen) atoms. The smallest absolute Gasteiger partial charge is 0.416 e. The summed E-state index contributed by atoms with van der Waals surface area (Å²) < 4.78 is 77.0. The summed E-state index contributed by atoms with van der Waals surface area (Å²) in [6, 6.07) is 11.0. The molecule has 3 aromatic rings. The van der Waals surface area contributed by atoms with Crippen LogP contribution in [0.2, 0.25) is 0 Å². The molecule has 2 aromatic carbocycles. The minimum Gasteiger partial charge on any atom is -0.460 e. The SMILES string of the molecule is CCOC(=O)c1oc2ccccc2c1CN1CCN(S(=O)(=O)c2cccc(C(F)(F)F)c2)CC1. The number of carbonyl (C=O) groups excluding carboxylic acids is 1. The number of ether oxygens (including phenoxy) is 1. The second kappa shape index (κ2) is 9.40. The number of alkyl halides is 3. The molecule has 0 atom stereocenters. The number of benzene rings is 2. The molecule has 0 radical (unpaired) electrons. The summed E-state index contributed by atoms with van der Waals surface area (Å²) >= 11 is 0. The normalized spacial score (nSPS) is 16.1. The Balaban J connectivity index is 1.51. The highest BCUT2D eigenvalue weighted by atomic mass is 32.2. The molecule has 1 aromatic heterocycles. The molecule has 1 fully saturated rings. The van der Waals surface area contributed by atoms with E-state index in [0.717, 1.165) is 17.5 Å². The molecule has 0 amide bonds. The Kier molecular flexibility index (Phi) is 6.70. The van der Waals surface area contributed by atoms with E-state index in [4.69, 9.17) is 9.15 Å². The average molecular weight is 497 g/mol. The third-order valence-corrected chi connectivity index (χ3v) is 7.57. The Bertz CT molecular complexity index is 1300. The van der Waals surface area contributed by atoms with Gasteiger partial charge in [0.05, 0.1) is 17.1 Å². The molecule has 0 saturated carbocycles. The van der Waals surface area contributed by atoms with E-state index < -0.39 is 27.7 Å². The van der Waals surface area contributed by atoms with Crippen LogP contribution in [0.5, 0.6) is 0 Å². The number of rotatable bonds is 6. The number of hydrogen-bond donors (Lipinski definition) is 0. The molecule has 182 valence electrons. The number of carbonyl (C=O) groups is 1. The quantitative estimate of drug-likeness (QED) is 0.478. The van der Waals surface area contributed by atoms with E-state index in [1.165, 1.54) is 10.4 Å². The van der Waals surface area contributed by atoms with Crippen molar-refractivity contribution < 1.29 is 35.5 Å². The molecule has 0 N–H and O–H groups in total. The zero-order valence-electron chi connectivity index (χ0n) is 18.3. The van der Waals surface area contributed by atoms with Crippen molar-refractivity contribution in [3.05, 3.63) is 65.4 Å². The maximum absolute atomic E-state index is 13.0. The lowest BCUT2D eigenvalue weighted by Gasteiger charge is -2.34. The Morgan fingerprint density at radius 1 is 1.06 bits per heavy atom. The van der Waals surface area contributed by atoms with E-state index in [-0.39, 0.29) is 30.4 Å². The lowest BCUT2D eigenvalue weighted by molar-refractivity contribution is -0.137. The van der Waals surface area contributed by atoms with Gasteiger partial charge in [0, 0.05) is 43.7 Å². The molecule has 1 aliphatic heterocycles. The first kappa shape index (κ1) is 24.2. The van der Waals surface area contributed by atoms with Gasteiger partial charge in [-0.3, -0.25) is 4.90 Å². The van der Waals surface area contributed by atoms with Crippen LogP contribution in [0.4, 0.5) is 13.2 Å². The van der Waals surface area contributed by atoms with Gasteiger partial charge in [-0.25, -0.2) is 13.2 Å². The summed E-state index contributed by atoms with van der Waals surface area (Å²) in [7, 11) is -4.08.